The predicted molar refractivity (Wildman–Crippen MR) is 175 cm³/mol. The highest BCUT2D eigenvalue weighted by Gasteiger charge is 2.73. The molecule has 8 heterocycles. The van der Waals surface area contributed by atoms with Crippen molar-refractivity contribution in [2.75, 3.05) is 0 Å². The van der Waals surface area contributed by atoms with Gasteiger partial charge in [-0.25, -0.2) is 0 Å². The second-order valence-corrected chi connectivity index (χ2v) is 17.1. The minimum atomic E-state index is -1.29. The second-order valence-electron chi connectivity index (χ2n) is 17.1. The summed E-state index contributed by atoms with van der Waals surface area (Å²) in [6, 6.07) is 0. The van der Waals surface area contributed by atoms with Crippen LogP contribution in [0.4, 0.5) is 0 Å². The summed E-state index contributed by atoms with van der Waals surface area (Å²) in [5.41, 5.74) is -4.50. The van der Waals surface area contributed by atoms with E-state index in [1.165, 1.54) is 0 Å². The predicted octanol–water partition coefficient (Wildman–Crippen LogP) is -2.02. The summed E-state index contributed by atoms with van der Waals surface area (Å²) in [5, 5.41) is 0. The summed E-state index contributed by atoms with van der Waals surface area (Å²) in [6.45, 7) is 0. The van der Waals surface area contributed by atoms with Gasteiger partial charge in [0, 0.05) is 0 Å². The number of hydrogen-bond acceptors (Lipinski definition) is 24. The summed E-state index contributed by atoms with van der Waals surface area (Å²) in [6.07, 6.45) is 0.588. The zero-order valence-corrected chi connectivity index (χ0v) is 31.7. The van der Waals surface area contributed by atoms with Crippen LogP contribution < -0.4 is 0 Å². The lowest BCUT2D eigenvalue weighted by molar-refractivity contribution is -0.180. The zero-order chi connectivity index (χ0) is 44.8. The average Bonchev–Trinajstić information content (AvgIpc) is 3.94. The first-order valence-corrected chi connectivity index (χ1v) is 19.1. The molecule has 11 fully saturated rings. The van der Waals surface area contributed by atoms with Crippen LogP contribution in [-0.2, 0) is 115 Å². The van der Waals surface area contributed by atoms with Crippen molar-refractivity contribution in [3.8, 4) is 0 Å². The number of carbonyl (C=O) groups excluding carboxylic acids is 16. The van der Waals surface area contributed by atoms with Crippen molar-refractivity contribution >= 4 is 95.5 Å². The van der Waals surface area contributed by atoms with Gasteiger partial charge in [0.05, 0.1) is 95.7 Å². The van der Waals surface area contributed by atoms with E-state index >= 15 is 0 Å². The van der Waals surface area contributed by atoms with Gasteiger partial charge in [-0.2, -0.15) is 0 Å². The fourth-order valence-corrected chi connectivity index (χ4v) is 10.3. The van der Waals surface area contributed by atoms with Crippen molar-refractivity contribution in [1.29, 1.82) is 0 Å². The molecule has 8 saturated heterocycles. The molecule has 3 aliphatic carbocycles. The highest BCUT2D eigenvalue weighted by molar-refractivity contribution is 6.08. The van der Waals surface area contributed by atoms with Crippen molar-refractivity contribution in [2.24, 2.45) is 57.2 Å². The topological polar surface area (TPSA) is 347 Å². The molecule has 62 heavy (non-hydrogen) atoms. The summed E-state index contributed by atoms with van der Waals surface area (Å²) >= 11 is 0. The van der Waals surface area contributed by atoms with Crippen LogP contribution in [0.5, 0.6) is 0 Å². The summed E-state index contributed by atoms with van der Waals surface area (Å²) in [7, 11) is 0. The molecule has 24 nitrogen and oxygen atoms in total. The summed E-state index contributed by atoms with van der Waals surface area (Å²) < 4.78 is 35.6. The van der Waals surface area contributed by atoms with Crippen molar-refractivity contribution < 1.29 is 115 Å². The van der Waals surface area contributed by atoms with Crippen LogP contribution in [0.3, 0.4) is 0 Å². The Labute approximate surface area is 344 Å². The van der Waals surface area contributed by atoms with Crippen LogP contribution in [0.1, 0.15) is 77.0 Å². The van der Waals surface area contributed by atoms with Gasteiger partial charge in [0.25, 0.3) is 0 Å². The molecular formula is C38H30O24. The Kier molecular flexibility index (Phi) is 9.69. The van der Waals surface area contributed by atoms with Gasteiger partial charge in [0.2, 0.25) is 0 Å². The van der Waals surface area contributed by atoms with Crippen LogP contribution in [0.15, 0.2) is 0 Å². The molecular weight excluding hydrogens is 840 g/mol. The first-order valence-electron chi connectivity index (χ1n) is 19.1. The van der Waals surface area contributed by atoms with Gasteiger partial charge in [-0.15, -0.1) is 0 Å². The number of hydrogen-bond donors (Lipinski definition) is 0. The van der Waals surface area contributed by atoms with Gasteiger partial charge >= 0.3 is 95.5 Å². The molecule has 0 aromatic heterocycles. The van der Waals surface area contributed by atoms with E-state index in [0.717, 1.165) is 0 Å². The van der Waals surface area contributed by atoms with Crippen LogP contribution in [0.25, 0.3) is 0 Å². The molecule has 0 amide bonds. The first-order chi connectivity index (χ1) is 29.1. The van der Waals surface area contributed by atoms with E-state index in [9.17, 15) is 76.7 Å². The fourth-order valence-electron chi connectivity index (χ4n) is 10.3. The maximum absolute atomic E-state index is 11.7. The van der Waals surface area contributed by atoms with Gasteiger partial charge in [-0.05, 0) is 38.5 Å². The van der Waals surface area contributed by atoms with Gasteiger partial charge < -0.3 is 37.9 Å². The van der Waals surface area contributed by atoms with E-state index in [4.69, 9.17) is 0 Å². The second kappa shape index (κ2) is 14.4. The molecule has 11 aliphatic rings. The van der Waals surface area contributed by atoms with Crippen LogP contribution in [0, 0.1) is 57.2 Å². The number of cyclic esters (lactones) is 16. The van der Waals surface area contributed by atoms with Gasteiger partial charge in [0.15, 0.2) is 0 Å². The van der Waals surface area contributed by atoms with Gasteiger partial charge in [-0.3, -0.25) is 76.7 Å². The Morgan fingerprint density at radius 2 is 0.726 bits per heavy atom. The molecule has 0 aromatic rings. The number of esters is 16. The van der Waals surface area contributed by atoms with Crippen LogP contribution >= 0.6 is 0 Å². The third kappa shape index (κ3) is 6.67. The molecule has 0 radical (unpaired) electrons. The molecule has 4 bridgehead atoms. The van der Waals surface area contributed by atoms with E-state index < -0.39 is 153 Å². The maximum Gasteiger partial charge on any atom is 0.321 e. The van der Waals surface area contributed by atoms with E-state index in [-0.39, 0.29) is 64.2 Å². The van der Waals surface area contributed by atoms with E-state index in [0.29, 0.717) is 12.8 Å². The van der Waals surface area contributed by atoms with E-state index in [2.05, 4.69) is 37.9 Å². The van der Waals surface area contributed by atoms with E-state index in [1.807, 2.05) is 0 Å². The number of rotatable bonds is 0. The number of carbonyl (C=O) groups is 16. The molecule has 8 atom stereocenters. The van der Waals surface area contributed by atoms with E-state index in [1.54, 1.807) is 0 Å². The molecule has 4 spiro atoms. The zero-order valence-electron chi connectivity index (χ0n) is 31.7. The molecule has 3 saturated carbocycles. The van der Waals surface area contributed by atoms with Crippen molar-refractivity contribution in [3.63, 3.8) is 0 Å². The highest BCUT2D eigenvalue weighted by atomic mass is 16.6. The fraction of sp³-hybridized carbons (Fsp3) is 0.579. The largest absolute Gasteiger partial charge is 0.393 e. The van der Waals surface area contributed by atoms with Gasteiger partial charge in [-0.1, -0.05) is 0 Å². The van der Waals surface area contributed by atoms with Gasteiger partial charge in [0.1, 0.15) is 0 Å². The Bertz CT molecular complexity index is 2260. The molecule has 0 N–H and O–H groups in total. The Morgan fingerprint density at radius 3 is 1.19 bits per heavy atom. The Hall–Kier alpha value is -6.88. The standard InChI is InChI=1S/C11H10O6.C10H8O6.C9H6O6.C8H6O6/c12-7-4-11(10(15)16-7)2-5-1-6(3-11)9(14)17-8(5)13;11-6-3-10(9(14)15-6)2-4-1-5(10)8(13)16-7(4)12;10-4-2-9(8(13)14-4)1-3-5(9)7(12)15-6(3)11;9-4-1-8(2-5(10)13-4)3-6(11)14-7(8)12/h5-6H,1-4H2;4-5H,1-3H2;3,5H,1-2H2;1-3H2. The molecule has 326 valence electrons. The maximum atomic E-state index is 11.7. The Balaban J connectivity index is 0.000000114. The molecule has 0 aromatic carbocycles. The highest BCUT2D eigenvalue weighted by Crippen LogP contribution is 2.60. The monoisotopic (exact) mass is 870 g/mol. The minimum absolute atomic E-state index is 0.0284. The van der Waals surface area contributed by atoms with Crippen molar-refractivity contribution in [1.82, 2.24) is 0 Å². The SMILES string of the molecule is O=C1CC2(CC(=O)O1)CC(=O)OC2=O.O=C1CC2(CC3C(=O)OC(=O)C32)C(=O)O1.O=C1CC2(CC3CC(C2)C(=O)OC3=O)C(=O)O1.O=C1CC2(CC3CC2C(=O)OC3=O)C(=O)O1. The lowest BCUT2D eigenvalue weighted by Crippen LogP contribution is -2.52. The van der Waals surface area contributed by atoms with Crippen LogP contribution in [0.2, 0.25) is 0 Å². The third-order valence-electron chi connectivity index (χ3n) is 13.3. The smallest absolute Gasteiger partial charge is 0.321 e. The lowest BCUT2D eigenvalue weighted by atomic mass is 9.54. The van der Waals surface area contributed by atoms with Crippen LogP contribution in [-0.4, -0.2) is 95.5 Å². The lowest BCUT2D eigenvalue weighted by Gasteiger charge is -2.41. The van der Waals surface area contributed by atoms with Crippen molar-refractivity contribution in [3.05, 3.63) is 0 Å². The summed E-state index contributed by atoms with van der Waals surface area (Å²) in [5.74, 6) is -14.1. The molecule has 11 rings (SSSR count). The molecule has 24 heteroatoms. The molecule has 8 aliphatic heterocycles. The Morgan fingerprint density at radius 1 is 0.323 bits per heavy atom. The van der Waals surface area contributed by atoms with Crippen molar-refractivity contribution in [2.45, 2.75) is 77.0 Å². The quantitative estimate of drug-likeness (QED) is 0.144. The molecule has 8 unspecified atom stereocenters. The third-order valence-corrected chi connectivity index (χ3v) is 13.3. The first kappa shape index (κ1) is 41.8. The normalized spacial score (nSPS) is 37.8. The minimum Gasteiger partial charge on any atom is -0.393 e. The average molecular weight is 871 g/mol. The number of ether oxygens (including phenoxy) is 8. The number of fused-ring (bicyclic) bond motifs is 7. The summed E-state index contributed by atoms with van der Waals surface area (Å²) in [4.78, 5) is 180.